The van der Waals surface area contributed by atoms with Gasteiger partial charge in [0.2, 0.25) is 5.91 Å². The van der Waals surface area contributed by atoms with Gasteiger partial charge in [-0.05, 0) is 41.5 Å². The minimum absolute atomic E-state index is 0.0982. The zero-order valence-electron chi connectivity index (χ0n) is 19.5. The van der Waals surface area contributed by atoms with E-state index in [0.29, 0.717) is 12.0 Å². The van der Waals surface area contributed by atoms with Crippen LogP contribution in [0.3, 0.4) is 0 Å². The van der Waals surface area contributed by atoms with Gasteiger partial charge >= 0.3 is 13.6 Å². The lowest BCUT2D eigenvalue weighted by molar-refractivity contribution is -0.145. The molecule has 0 aromatic heterocycles. The number of hydrogen-bond acceptors (Lipinski definition) is 5. The fraction of sp³-hybridized carbons (Fsp3) is 0.375. The van der Waals surface area contributed by atoms with Crippen LogP contribution in [0.2, 0.25) is 0 Å². The zero-order valence-corrected chi connectivity index (χ0v) is 20.4. The molecule has 2 unspecified atom stereocenters. The number of nitrogens with one attached hydrogen (secondary N) is 2. The Bertz CT molecular complexity index is 1070. The number of amides is 1. The number of carboxylic acids is 1. The third-order valence-electron chi connectivity index (χ3n) is 5.31. The van der Waals surface area contributed by atoms with Crippen LogP contribution in [0.25, 0.3) is 0 Å². The van der Waals surface area contributed by atoms with Crippen LogP contribution in [0.5, 0.6) is 0 Å². The van der Waals surface area contributed by atoms with Crippen molar-refractivity contribution in [3.8, 4) is 0 Å². The molecule has 2 aromatic rings. The van der Waals surface area contributed by atoms with Crippen LogP contribution < -0.4 is 11.1 Å². The predicted molar refractivity (Wildman–Crippen MR) is 130 cm³/mol. The van der Waals surface area contributed by atoms with Crippen molar-refractivity contribution in [2.24, 2.45) is 11.7 Å². The second kappa shape index (κ2) is 11.9. The van der Waals surface area contributed by atoms with Crippen molar-refractivity contribution in [3.63, 3.8) is 0 Å². The lowest BCUT2D eigenvalue weighted by atomic mass is 9.99. The molecule has 0 saturated carbocycles. The molecule has 2 aromatic carbocycles. The highest BCUT2D eigenvalue weighted by Crippen LogP contribution is 2.53. The van der Waals surface area contributed by atoms with E-state index in [2.05, 4.69) is 5.32 Å². The Balaban J connectivity index is 2.20. The first-order chi connectivity index (χ1) is 15.9. The molecule has 3 atom stereocenters. The van der Waals surface area contributed by atoms with E-state index in [-0.39, 0.29) is 24.2 Å². The van der Waals surface area contributed by atoms with Gasteiger partial charge in [-0.15, -0.1) is 0 Å². The first-order valence-corrected chi connectivity index (χ1v) is 12.5. The molecule has 34 heavy (non-hydrogen) atoms. The van der Waals surface area contributed by atoms with E-state index in [9.17, 15) is 24.2 Å². The summed E-state index contributed by atoms with van der Waals surface area (Å²) >= 11 is 0. The summed E-state index contributed by atoms with van der Waals surface area (Å²) in [6.07, 6.45) is -1.09. The fourth-order valence-corrected chi connectivity index (χ4v) is 5.19. The van der Waals surface area contributed by atoms with Crippen molar-refractivity contribution in [1.82, 2.24) is 5.32 Å². The maximum Gasteiger partial charge on any atom is 0.351 e. The highest BCUT2D eigenvalue weighted by molar-refractivity contribution is 7.53. The van der Waals surface area contributed by atoms with E-state index in [4.69, 9.17) is 15.7 Å². The van der Waals surface area contributed by atoms with Crippen molar-refractivity contribution in [2.45, 2.75) is 51.9 Å². The molecule has 0 aliphatic carbocycles. The smallest absolute Gasteiger partial charge is 0.351 e. The highest BCUT2D eigenvalue weighted by atomic mass is 31.2. The molecule has 0 aliphatic heterocycles. The average Bonchev–Trinajstić information content (AvgIpc) is 2.76. The van der Waals surface area contributed by atoms with E-state index in [1.54, 1.807) is 26.8 Å². The molecule has 2 rings (SSSR count). The number of hydrogen-bond donors (Lipinski definition) is 5. The Labute approximate surface area is 199 Å². The molecule has 10 heteroatoms. The lowest BCUT2D eigenvalue weighted by Gasteiger charge is -2.29. The van der Waals surface area contributed by atoms with Gasteiger partial charge in [-0.1, -0.05) is 62.4 Å². The molecule has 0 radical (unpaired) electrons. The Morgan fingerprint density at radius 1 is 1.18 bits per heavy atom. The zero-order chi connectivity index (χ0) is 25.5. The van der Waals surface area contributed by atoms with Crippen LogP contribution in [0.1, 0.15) is 48.6 Å². The second-order valence-corrected chi connectivity index (χ2v) is 10.4. The van der Waals surface area contributed by atoms with Gasteiger partial charge in [0.05, 0.1) is 5.84 Å². The Morgan fingerprint density at radius 2 is 1.82 bits per heavy atom. The molecule has 0 heterocycles. The van der Waals surface area contributed by atoms with Gasteiger partial charge in [0, 0.05) is 12.8 Å². The van der Waals surface area contributed by atoms with Crippen LogP contribution in [-0.2, 0) is 31.5 Å². The van der Waals surface area contributed by atoms with E-state index >= 15 is 0 Å². The van der Waals surface area contributed by atoms with Crippen molar-refractivity contribution < 1.29 is 28.7 Å². The molecule has 0 saturated heterocycles. The van der Waals surface area contributed by atoms with Crippen LogP contribution >= 0.6 is 7.60 Å². The summed E-state index contributed by atoms with van der Waals surface area (Å²) in [4.78, 5) is 35.2. The number of carbonyl (C=O) groups excluding carboxylic acids is 1. The quantitative estimate of drug-likeness (QED) is 0.173. The van der Waals surface area contributed by atoms with E-state index < -0.39 is 37.3 Å². The number of carbonyl (C=O) groups is 2. The van der Waals surface area contributed by atoms with Crippen molar-refractivity contribution in [2.75, 3.05) is 0 Å². The standard InChI is InChI=1S/C24H32N3O6P/c1-15(2)23(27-21(28)12-10-17-7-5-4-6-8-17)34(31,32)33-22(24(29)30)18-11-9-16(3)19(13-18)14-20(25)26/h4-9,11,13,15,22-23H,10,12,14H2,1-3H3,(H3,25,26)(H,27,28)(H,29,30)(H,31,32)/t22?,23-/m1/s1. The topological polar surface area (TPSA) is 163 Å². The predicted octanol–water partition coefficient (Wildman–Crippen LogP) is 3.53. The molecular formula is C24H32N3O6P. The van der Waals surface area contributed by atoms with Crippen LogP contribution in [-0.4, -0.2) is 33.5 Å². The highest BCUT2D eigenvalue weighted by Gasteiger charge is 2.40. The number of aliphatic carboxylic acids is 1. The molecule has 0 spiro atoms. The summed E-state index contributed by atoms with van der Waals surface area (Å²) in [5.74, 6) is -3.79. The third-order valence-corrected chi connectivity index (χ3v) is 7.25. The maximum atomic E-state index is 13.2. The number of benzene rings is 2. The summed E-state index contributed by atoms with van der Waals surface area (Å²) in [6, 6.07) is 14.0. The molecule has 0 fully saturated rings. The van der Waals surface area contributed by atoms with Crippen LogP contribution in [0.4, 0.5) is 0 Å². The molecule has 184 valence electrons. The van der Waals surface area contributed by atoms with Crippen LogP contribution in [0, 0.1) is 18.3 Å². The van der Waals surface area contributed by atoms with E-state index in [1.807, 2.05) is 30.3 Å². The molecular weight excluding hydrogens is 457 g/mol. The van der Waals surface area contributed by atoms with E-state index in [0.717, 1.165) is 11.1 Å². The second-order valence-electron chi connectivity index (χ2n) is 8.52. The van der Waals surface area contributed by atoms with Gasteiger partial charge in [-0.3, -0.25) is 19.3 Å². The number of aryl methyl sites for hydroxylation is 2. The maximum absolute atomic E-state index is 13.2. The Hall–Kier alpha value is -3.00. The summed E-state index contributed by atoms with van der Waals surface area (Å²) in [5.41, 5.74) is 7.97. The Morgan fingerprint density at radius 3 is 2.38 bits per heavy atom. The van der Waals surface area contributed by atoms with Gasteiger partial charge in [0.25, 0.3) is 0 Å². The summed E-state index contributed by atoms with van der Waals surface area (Å²) in [5, 5.41) is 19.8. The van der Waals surface area contributed by atoms with Crippen molar-refractivity contribution in [1.29, 1.82) is 5.41 Å². The number of carboxylic acid groups (broad SMARTS) is 1. The number of rotatable bonds is 12. The molecule has 9 nitrogen and oxygen atoms in total. The molecule has 1 amide bonds. The molecule has 6 N–H and O–H groups in total. The van der Waals surface area contributed by atoms with Gasteiger partial charge in [-0.2, -0.15) is 0 Å². The normalized spacial score (nSPS) is 14.7. The first kappa shape index (κ1) is 27.2. The number of nitrogens with two attached hydrogens (primary N) is 1. The Kier molecular flexibility index (Phi) is 9.55. The van der Waals surface area contributed by atoms with Crippen molar-refractivity contribution >= 4 is 25.3 Å². The summed E-state index contributed by atoms with van der Waals surface area (Å²) in [6.45, 7) is 5.07. The molecule has 0 bridgehead atoms. The summed E-state index contributed by atoms with van der Waals surface area (Å²) < 4.78 is 18.5. The van der Waals surface area contributed by atoms with Gasteiger partial charge in [0.1, 0.15) is 5.78 Å². The lowest BCUT2D eigenvalue weighted by Crippen LogP contribution is -2.39. The van der Waals surface area contributed by atoms with Gasteiger partial charge in [-0.25, -0.2) is 4.79 Å². The first-order valence-electron chi connectivity index (χ1n) is 10.9. The van der Waals surface area contributed by atoms with E-state index in [1.165, 1.54) is 12.1 Å². The number of amidine groups is 1. The fourth-order valence-electron chi connectivity index (χ4n) is 3.48. The van der Waals surface area contributed by atoms with Gasteiger partial charge in [0.15, 0.2) is 6.10 Å². The SMILES string of the molecule is Cc1ccc(C(OP(=O)(O)[C@@H](NC(=O)CCc2ccccc2)C(C)C)C(=O)O)cc1CC(=N)N. The average molecular weight is 490 g/mol. The largest absolute Gasteiger partial charge is 0.479 e. The third kappa shape index (κ3) is 7.80. The molecule has 0 aliphatic rings. The monoisotopic (exact) mass is 489 g/mol. The summed E-state index contributed by atoms with van der Waals surface area (Å²) in [7, 11) is -4.62. The minimum atomic E-state index is -4.62. The van der Waals surface area contributed by atoms with Crippen molar-refractivity contribution in [3.05, 3.63) is 70.8 Å². The minimum Gasteiger partial charge on any atom is -0.479 e. The van der Waals surface area contributed by atoms with Gasteiger partial charge < -0.3 is 21.1 Å². The van der Waals surface area contributed by atoms with Crippen LogP contribution in [0.15, 0.2) is 48.5 Å².